The van der Waals surface area contributed by atoms with Crippen molar-refractivity contribution in [1.82, 2.24) is 20.6 Å². The number of alkyl halides is 6. The zero-order chi connectivity index (χ0) is 23.4. The van der Waals surface area contributed by atoms with Gasteiger partial charge in [0.15, 0.2) is 0 Å². The molecule has 2 aromatic rings. The van der Waals surface area contributed by atoms with Crippen LogP contribution in [0.5, 0.6) is 0 Å². The molecule has 0 saturated heterocycles. The van der Waals surface area contributed by atoms with Crippen molar-refractivity contribution >= 4 is 23.7 Å². The number of hydrogen-bond acceptors (Lipinski definition) is 5. The molecule has 0 spiro atoms. The second kappa shape index (κ2) is 8.97. The summed E-state index contributed by atoms with van der Waals surface area (Å²) in [5.41, 5.74) is 0.826. The van der Waals surface area contributed by atoms with Crippen molar-refractivity contribution in [1.29, 1.82) is 0 Å². The number of halogens is 6. The van der Waals surface area contributed by atoms with Crippen molar-refractivity contribution in [3.8, 4) is 0 Å². The minimum absolute atomic E-state index is 0.103. The maximum absolute atomic E-state index is 13.0. The van der Waals surface area contributed by atoms with Crippen LogP contribution in [0.2, 0.25) is 0 Å². The molecule has 8 nitrogen and oxygen atoms in total. The van der Waals surface area contributed by atoms with E-state index in [4.69, 9.17) is 5.73 Å². The number of hydrogen-bond donors (Lipinski definition) is 3. The van der Waals surface area contributed by atoms with Crippen molar-refractivity contribution in [3.63, 3.8) is 0 Å². The number of amidine groups is 1. The molecule has 166 valence electrons. The largest absolute Gasteiger partial charge is 0.416 e. The molecular weight excluding hydrogens is 434 g/mol. The molecular formula is C17H14F6N6O2. The molecule has 0 aliphatic heterocycles. The van der Waals surface area contributed by atoms with E-state index in [1.165, 1.54) is 25.4 Å². The highest BCUT2D eigenvalue weighted by atomic mass is 19.4. The third-order valence-electron chi connectivity index (χ3n) is 3.63. The number of primary amides is 1. The van der Waals surface area contributed by atoms with Gasteiger partial charge in [0.25, 0.3) is 11.9 Å². The molecule has 0 bridgehead atoms. The van der Waals surface area contributed by atoms with Crippen LogP contribution in [0.25, 0.3) is 0 Å². The molecule has 1 unspecified atom stereocenters. The van der Waals surface area contributed by atoms with Crippen LogP contribution in [-0.4, -0.2) is 33.8 Å². The first-order valence-corrected chi connectivity index (χ1v) is 8.30. The maximum Gasteiger partial charge on any atom is 0.416 e. The Morgan fingerprint density at radius 1 is 1.00 bits per heavy atom. The lowest BCUT2D eigenvalue weighted by atomic mass is 10.0. The third-order valence-corrected chi connectivity index (χ3v) is 3.63. The smallest absolute Gasteiger partial charge is 0.351 e. The Morgan fingerprint density at radius 2 is 1.52 bits per heavy atom. The SMILES string of the molecule is CC(NC(=O)c1cc(C(F)(F)F)cc(C(F)(F)F)c1)C(=Nc1ncccn1)NC(N)=O. The highest BCUT2D eigenvalue weighted by Crippen LogP contribution is 2.36. The molecule has 4 N–H and O–H groups in total. The van der Waals surface area contributed by atoms with Crippen molar-refractivity contribution in [2.24, 2.45) is 10.7 Å². The van der Waals surface area contributed by atoms with Crippen LogP contribution in [0.4, 0.5) is 37.1 Å². The summed E-state index contributed by atoms with van der Waals surface area (Å²) in [6, 6.07) is -0.376. The zero-order valence-electron chi connectivity index (χ0n) is 15.5. The van der Waals surface area contributed by atoms with E-state index in [0.717, 1.165) is 0 Å². The molecule has 1 atom stereocenters. The number of carbonyl (C=O) groups excluding carboxylic acids is 2. The van der Waals surface area contributed by atoms with Gasteiger partial charge in [-0.25, -0.2) is 14.8 Å². The molecule has 14 heteroatoms. The second-order valence-electron chi connectivity index (χ2n) is 6.02. The number of benzene rings is 1. The van der Waals surface area contributed by atoms with Crippen LogP contribution in [-0.2, 0) is 12.4 Å². The van der Waals surface area contributed by atoms with Crippen molar-refractivity contribution < 1.29 is 35.9 Å². The summed E-state index contributed by atoms with van der Waals surface area (Å²) in [6.07, 6.45) is -7.60. The van der Waals surface area contributed by atoms with Crippen LogP contribution in [0, 0.1) is 0 Å². The molecule has 3 amide bonds. The summed E-state index contributed by atoms with van der Waals surface area (Å²) >= 11 is 0. The van der Waals surface area contributed by atoms with Gasteiger partial charge in [0.1, 0.15) is 5.84 Å². The van der Waals surface area contributed by atoms with Crippen LogP contribution in [0.15, 0.2) is 41.7 Å². The monoisotopic (exact) mass is 448 g/mol. The Morgan fingerprint density at radius 3 is 1.97 bits per heavy atom. The summed E-state index contributed by atoms with van der Waals surface area (Å²) in [5, 5.41) is 4.24. The number of nitrogens with one attached hydrogen (secondary N) is 2. The number of urea groups is 1. The highest BCUT2D eigenvalue weighted by molar-refractivity contribution is 6.04. The van der Waals surface area contributed by atoms with E-state index in [1.54, 1.807) is 0 Å². The first kappa shape index (κ1) is 23.6. The summed E-state index contributed by atoms with van der Waals surface area (Å²) < 4.78 is 77.9. The predicted octanol–water partition coefficient (Wildman–Crippen LogP) is 3.03. The molecule has 1 aromatic heterocycles. The van der Waals surface area contributed by atoms with Crippen molar-refractivity contribution in [3.05, 3.63) is 53.3 Å². The van der Waals surface area contributed by atoms with Gasteiger partial charge in [0.05, 0.1) is 17.2 Å². The lowest BCUT2D eigenvalue weighted by Crippen LogP contribution is -2.48. The zero-order valence-corrected chi connectivity index (χ0v) is 15.5. The lowest BCUT2D eigenvalue weighted by Gasteiger charge is -2.18. The Balaban J connectivity index is 2.37. The number of amides is 3. The van der Waals surface area contributed by atoms with Gasteiger partial charge in [0, 0.05) is 18.0 Å². The van der Waals surface area contributed by atoms with E-state index in [-0.39, 0.29) is 30.0 Å². The summed E-state index contributed by atoms with van der Waals surface area (Å²) in [7, 11) is 0. The van der Waals surface area contributed by atoms with Gasteiger partial charge in [0.2, 0.25) is 0 Å². The molecule has 31 heavy (non-hydrogen) atoms. The molecule has 0 fully saturated rings. The quantitative estimate of drug-likeness (QED) is 0.378. The van der Waals surface area contributed by atoms with E-state index in [9.17, 15) is 35.9 Å². The minimum atomic E-state index is -5.12. The first-order chi connectivity index (χ1) is 14.3. The number of nitrogens with zero attached hydrogens (tertiary/aromatic N) is 3. The fourth-order valence-electron chi connectivity index (χ4n) is 2.25. The average molecular weight is 448 g/mol. The predicted molar refractivity (Wildman–Crippen MR) is 95.2 cm³/mol. The van der Waals surface area contributed by atoms with Crippen molar-refractivity contribution in [2.75, 3.05) is 0 Å². The number of carbonyl (C=O) groups is 2. The summed E-state index contributed by atoms with van der Waals surface area (Å²) in [4.78, 5) is 35.0. The molecule has 1 heterocycles. The van der Waals surface area contributed by atoms with Gasteiger partial charge < -0.3 is 11.1 Å². The highest BCUT2D eigenvalue weighted by Gasteiger charge is 2.37. The fraction of sp³-hybridized carbons (Fsp3) is 0.235. The van der Waals surface area contributed by atoms with Crippen LogP contribution < -0.4 is 16.4 Å². The molecule has 2 rings (SSSR count). The number of aliphatic imine (C=N–C) groups is 1. The van der Waals surface area contributed by atoms with Gasteiger partial charge in [-0.15, -0.1) is 0 Å². The number of rotatable bonds is 4. The molecule has 0 radical (unpaired) electrons. The van der Waals surface area contributed by atoms with Gasteiger partial charge in [-0.2, -0.15) is 31.3 Å². The lowest BCUT2D eigenvalue weighted by molar-refractivity contribution is -0.143. The molecule has 0 aliphatic carbocycles. The van der Waals surface area contributed by atoms with Gasteiger partial charge in [-0.1, -0.05) is 0 Å². The number of aromatic nitrogens is 2. The Hall–Kier alpha value is -3.71. The van der Waals surface area contributed by atoms with Crippen LogP contribution in [0.3, 0.4) is 0 Å². The standard InChI is InChI=1S/C17H14F6N6O2/c1-8(12(28-14(24)31)29-15-25-3-2-4-26-15)27-13(30)9-5-10(16(18,19)20)7-11(6-9)17(21,22)23/h2-8H,1H3,(H,27,30)(H3,24,25,26,28,29,31). The van der Waals surface area contributed by atoms with Crippen LogP contribution in [0.1, 0.15) is 28.4 Å². The Labute approximate surface area is 170 Å². The van der Waals surface area contributed by atoms with E-state index in [2.05, 4.69) is 25.6 Å². The van der Waals surface area contributed by atoms with E-state index in [1.807, 2.05) is 0 Å². The van der Waals surface area contributed by atoms with Crippen LogP contribution >= 0.6 is 0 Å². The van der Waals surface area contributed by atoms with E-state index < -0.39 is 47.0 Å². The number of nitrogens with two attached hydrogens (primary N) is 1. The summed E-state index contributed by atoms with van der Waals surface area (Å²) in [5.74, 6) is -1.72. The summed E-state index contributed by atoms with van der Waals surface area (Å²) in [6.45, 7) is 1.26. The average Bonchev–Trinajstić information content (AvgIpc) is 2.66. The van der Waals surface area contributed by atoms with Gasteiger partial charge in [-0.3, -0.25) is 10.1 Å². The second-order valence-corrected chi connectivity index (χ2v) is 6.02. The topological polar surface area (TPSA) is 122 Å². The minimum Gasteiger partial charge on any atom is -0.351 e. The first-order valence-electron chi connectivity index (χ1n) is 8.30. The molecule has 0 saturated carbocycles. The fourth-order valence-corrected chi connectivity index (χ4v) is 2.25. The molecule has 0 aliphatic rings. The normalized spacial score (nSPS) is 13.5. The molecule has 1 aromatic carbocycles. The van der Waals surface area contributed by atoms with Gasteiger partial charge >= 0.3 is 18.4 Å². The Bertz CT molecular complexity index is 959. The Kier molecular flexibility index (Phi) is 6.82. The van der Waals surface area contributed by atoms with E-state index >= 15 is 0 Å². The van der Waals surface area contributed by atoms with Crippen molar-refractivity contribution in [2.45, 2.75) is 25.3 Å². The third kappa shape index (κ3) is 6.65. The maximum atomic E-state index is 13.0. The van der Waals surface area contributed by atoms with Gasteiger partial charge in [-0.05, 0) is 31.2 Å². The van der Waals surface area contributed by atoms with E-state index in [0.29, 0.717) is 0 Å².